The molecule has 0 aliphatic heterocycles. The Hall–Kier alpha value is -2.88. The van der Waals surface area contributed by atoms with Gasteiger partial charge in [-0.05, 0) is 54.2 Å². The van der Waals surface area contributed by atoms with Gasteiger partial charge in [0.2, 0.25) is 5.89 Å². The molecule has 0 aliphatic rings. The molecule has 0 unspecified atom stereocenters. The SMILES string of the molecule is O=C(Nc1nnc(-c2ccc(F)cc2)o1)c1cccc(SC(F)(F)F)c1. The van der Waals surface area contributed by atoms with Gasteiger partial charge >= 0.3 is 11.5 Å². The second-order valence-electron chi connectivity index (χ2n) is 4.95. The number of halogens is 4. The Kier molecular flexibility index (Phi) is 4.94. The van der Waals surface area contributed by atoms with Crippen molar-refractivity contribution < 1.29 is 26.8 Å². The number of carbonyl (C=O) groups is 1. The Balaban J connectivity index is 1.72. The molecule has 5 nitrogen and oxygen atoms in total. The van der Waals surface area contributed by atoms with E-state index in [1.807, 2.05) is 0 Å². The lowest BCUT2D eigenvalue weighted by molar-refractivity contribution is -0.0328. The largest absolute Gasteiger partial charge is 0.446 e. The molecule has 3 rings (SSSR count). The summed E-state index contributed by atoms with van der Waals surface area (Å²) in [6, 6.07) is 10.1. The van der Waals surface area contributed by atoms with Crippen LogP contribution in [-0.2, 0) is 0 Å². The van der Waals surface area contributed by atoms with E-state index >= 15 is 0 Å². The first-order valence-corrected chi connectivity index (χ1v) is 7.88. The Labute approximate surface area is 148 Å². The minimum absolute atomic E-state index is 0.000724. The molecule has 134 valence electrons. The van der Waals surface area contributed by atoms with Gasteiger partial charge in [0.25, 0.3) is 5.91 Å². The minimum Gasteiger partial charge on any atom is -0.403 e. The van der Waals surface area contributed by atoms with Crippen molar-refractivity contribution in [3.63, 3.8) is 0 Å². The molecule has 1 heterocycles. The highest BCUT2D eigenvalue weighted by Gasteiger charge is 2.29. The molecule has 26 heavy (non-hydrogen) atoms. The maximum Gasteiger partial charge on any atom is 0.446 e. The zero-order chi connectivity index (χ0) is 18.7. The van der Waals surface area contributed by atoms with Crippen molar-refractivity contribution in [1.29, 1.82) is 0 Å². The summed E-state index contributed by atoms with van der Waals surface area (Å²) in [5.74, 6) is -1.08. The van der Waals surface area contributed by atoms with Gasteiger partial charge in [0.05, 0.1) is 0 Å². The molecule has 1 amide bonds. The molecule has 0 saturated carbocycles. The number of nitrogens with zero attached hydrogens (tertiary/aromatic N) is 2. The monoisotopic (exact) mass is 383 g/mol. The van der Waals surface area contributed by atoms with E-state index in [0.717, 1.165) is 6.07 Å². The average molecular weight is 383 g/mol. The third-order valence-electron chi connectivity index (χ3n) is 3.07. The normalized spacial score (nSPS) is 11.4. The van der Waals surface area contributed by atoms with Crippen LogP contribution in [0.3, 0.4) is 0 Å². The number of alkyl halides is 3. The average Bonchev–Trinajstić information content (AvgIpc) is 3.02. The molecule has 0 fully saturated rings. The Morgan fingerprint density at radius 1 is 1.08 bits per heavy atom. The van der Waals surface area contributed by atoms with E-state index in [1.165, 1.54) is 42.5 Å². The topological polar surface area (TPSA) is 68.0 Å². The Bertz CT molecular complexity index is 926. The zero-order valence-corrected chi connectivity index (χ0v) is 13.6. The fraction of sp³-hybridized carbons (Fsp3) is 0.0625. The Morgan fingerprint density at radius 3 is 2.50 bits per heavy atom. The van der Waals surface area contributed by atoms with Crippen LogP contribution in [0.25, 0.3) is 11.5 Å². The number of hydrogen-bond acceptors (Lipinski definition) is 5. The summed E-state index contributed by atoms with van der Waals surface area (Å²) < 4.78 is 55.4. The smallest absolute Gasteiger partial charge is 0.403 e. The molecule has 0 spiro atoms. The van der Waals surface area contributed by atoms with Crippen LogP contribution in [0, 0.1) is 5.82 Å². The van der Waals surface area contributed by atoms with E-state index in [9.17, 15) is 22.4 Å². The van der Waals surface area contributed by atoms with Gasteiger partial charge in [-0.25, -0.2) is 4.39 Å². The lowest BCUT2D eigenvalue weighted by Crippen LogP contribution is -2.12. The molecule has 2 aromatic carbocycles. The van der Waals surface area contributed by atoms with Crippen LogP contribution < -0.4 is 5.32 Å². The molecule has 0 aliphatic carbocycles. The maximum atomic E-state index is 12.9. The van der Waals surface area contributed by atoms with E-state index in [4.69, 9.17) is 4.42 Å². The molecular formula is C16H9F4N3O2S. The number of rotatable bonds is 4. The number of aromatic nitrogens is 2. The van der Waals surface area contributed by atoms with Crippen LogP contribution in [0.5, 0.6) is 0 Å². The van der Waals surface area contributed by atoms with Crippen molar-refractivity contribution in [2.75, 3.05) is 5.32 Å². The van der Waals surface area contributed by atoms with Crippen molar-refractivity contribution >= 4 is 23.7 Å². The van der Waals surface area contributed by atoms with Gasteiger partial charge in [-0.3, -0.25) is 10.1 Å². The fourth-order valence-electron chi connectivity index (χ4n) is 1.99. The Morgan fingerprint density at radius 2 is 1.81 bits per heavy atom. The van der Waals surface area contributed by atoms with Gasteiger partial charge in [0.1, 0.15) is 5.82 Å². The van der Waals surface area contributed by atoms with Crippen LogP contribution in [0.4, 0.5) is 23.6 Å². The molecule has 0 bridgehead atoms. The highest BCUT2D eigenvalue weighted by Crippen LogP contribution is 2.37. The summed E-state index contributed by atoms with van der Waals surface area (Å²) in [5, 5.41) is 9.66. The predicted molar refractivity (Wildman–Crippen MR) is 86.0 cm³/mol. The highest BCUT2D eigenvalue weighted by atomic mass is 32.2. The summed E-state index contributed by atoms with van der Waals surface area (Å²) in [7, 11) is 0. The van der Waals surface area contributed by atoms with Gasteiger partial charge in [-0.2, -0.15) is 13.2 Å². The molecule has 0 radical (unpaired) electrons. The van der Waals surface area contributed by atoms with Crippen molar-refractivity contribution in [1.82, 2.24) is 10.2 Å². The lowest BCUT2D eigenvalue weighted by Gasteiger charge is -2.07. The van der Waals surface area contributed by atoms with E-state index < -0.39 is 17.2 Å². The minimum atomic E-state index is -4.45. The van der Waals surface area contributed by atoms with Gasteiger partial charge in [-0.15, -0.1) is 5.10 Å². The summed E-state index contributed by atoms with van der Waals surface area (Å²) in [5.41, 5.74) is -4.00. The predicted octanol–water partition coefficient (Wildman–Crippen LogP) is 4.74. The van der Waals surface area contributed by atoms with Crippen molar-refractivity contribution in [2.45, 2.75) is 10.4 Å². The van der Waals surface area contributed by atoms with Crippen molar-refractivity contribution in [2.24, 2.45) is 0 Å². The summed E-state index contributed by atoms with van der Waals surface area (Å²) >= 11 is -0.321. The second-order valence-corrected chi connectivity index (χ2v) is 6.09. The van der Waals surface area contributed by atoms with Crippen LogP contribution in [0.15, 0.2) is 57.8 Å². The highest BCUT2D eigenvalue weighted by molar-refractivity contribution is 8.00. The first-order valence-electron chi connectivity index (χ1n) is 7.07. The van der Waals surface area contributed by atoms with Crippen LogP contribution in [-0.4, -0.2) is 21.6 Å². The number of nitrogens with one attached hydrogen (secondary N) is 1. The van der Waals surface area contributed by atoms with Gasteiger partial charge in [0, 0.05) is 16.0 Å². The number of carbonyl (C=O) groups excluding carboxylic acids is 1. The van der Waals surface area contributed by atoms with Crippen molar-refractivity contribution in [3.05, 3.63) is 59.9 Å². The second kappa shape index (κ2) is 7.16. The molecular weight excluding hydrogens is 374 g/mol. The lowest BCUT2D eigenvalue weighted by atomic mass is 10.2. The van der Waals surface area contributed by atoms with Crippen LogP contribution in [0.2, 0.25) is 0 Å². The van der Waals surface area contributed by atoms with E-state index in [0.29, 0.717) is 5.56 Å². The molecule has 0 saturated heterocycles. The number of anilines is 1. The maximum absolute atomic E-state index is 12.9. The van der Waals surface area contributed by atoms with Gasteiger partial charge < -0.3 is 4.42 Å². The van der Waals surface area contributed by atoms with Gasteiger partial charge in [0.15, 0.2) is 0 Å². The first kappa shape index (κ1) is 17.9. The van der Waals surface area contributed by atoms with Crippen LogP contribution >= 0.6 is 11.8 Å². The van der Waals surface area contributed by atoms with E-state index in [1.54, 1.807) is 0 Å². The van der Waals surface area contributed by atoms with Crippen molar-refractivity contribution in [3.8, 4) is 11.5 Å². The summed E-state index contributed by atoms with van der Waals surface area (Å²) in [4.78, 5) is 12.0. The summed E-state index contributed by atoms with van der Waals surface area (Å²) in [6.07, 6.45) is 0. The number of benzene rings is 2. The zero-order valence-electron chi connectivity index (χ0n) is 12.7. The molecule has 3 aromatic rings. The summed E-state index contributed by atoms with van der Waals surface area (Å²) in [6.45, 7) is 0. The third kappa shape index (κ3) is 4.60. The van der Waals surface area contributed by atoms with E-state index in [-0.39, 0.29) is 34.1 Å². The number of amides is 1. The van der Waals surface area contributed by atoms with E-state index in [2.05, 4.69) is 15.5 Å². The number of hydrogen-bond donors (Lipinski definition) is 1. The fourth-order valence-corrected chi connectivity index (χ4v) is 2.59. The molecule has 1 N–H and O–H groups in total. The number of thioether (sulfide) groups is 1. The first-order chi connectivity index (χ1) is 12.3. The molecule has 1 aromatic heterocycles. The van der Waals surface area contributed by atoms with Crippen LogP contribution in [0.1, 0.15) is 10.4 Å². The molecule has 0 atom stereocenters. The standard InChI is InChI=1S/C16H9F4N3O2S/c17-11-6-4-9(5-7-11)14-22-23-15(25-14)21-13(24)10-2-1-3-12(8-10)26-16(18,19)20/h1-8H,(H,21,23,24). The quantitative estimate of drug-likeness (QED) is 0.521. The molecule has 10 heteroatoms. The third-order valence-corrected chi connectivity index (χ3v) is 3.79. The van der Waals surface area contributed by atoms with Gasteiger partial charge in [-0.1, -0.05) is 11.2 Å².